The summed E-state index contributed by atoms with van der Waals surface area (Å²) in [4.78, 5) is 16.9. The Balaban J connectivity index is 2.04. The number of hydrogen-bond donors (Lipinski definition) is 1. The largest absolute Gasteiger partial charge is 0.464 e. The van der Waals surface area contributed by atoms with Gasteiger partial charge >= 0.3 is 6.01 Å². The van der Waals surface area contributed by atoms with Crippen molar-refractivity contribution in [1.82, 2.24) is 19.9 Å². The molecule has 0 unspecified atom stereocenters. The van der Waals surface area contributed by atoms with Gasteiger partial charge in [0.25, 0.3) is 0 Å². The average molecular weight is 272 g/mol. The first-order valence-electron chi connectivity index (χ1n) is 4.93. The number of rotatable bonds is 5. The molecule has 0 saturated carbocycles. The maximum atomic E-state index is 5.75. The third-order valence-corrected chi connectivity index (χ3v) is 2.71. The van der Waals surface area contributed by atoms with Crippen molar-refractivity contribution >= 4 is 28.9 Å². The van der Waals surface area contributed by atoms with Crippen LogP contribution in [0.4, 0.5) is 5.95 Å². The van der Waals surface area contributed by atoms with Crippen molar-refractivity contribution in [2.24, 2.45) is 0 Å². The number of ether oxygens (including phenoxy) is 1. The second kappa shape index (κ2) is 5.74. The zero-order valence-electron chi connectivity index (χ0n) is 9.05. The van der Waals surface area contributed by atoms with E-state index in [-0.39, 0.29) is 11.3 Å². The Bertz CT molecular complexity index is 478. The summed E-state index contributed by atoms with van der Waals surface area (Å²) in [6.07, 6.45) is 1.78. The molecule has 17 heavy (non-hydrogen) atoms. The van der Waals surface area contributed by atoms with E-state index in [1.165, 1.54) is 0 Å². The fourth-order valence-electron chi connectivity index (χ4n) is 1.10. The number of nitrogens with zero attached hydrogens (tertiary/aromatic N) is 4. The van der Waals surface area contributed by atoms with Crippen LogP contribution in [0.2, 0.25) is 5.28 Å². The molecule has 0 bridgehead atoms. The molecule has 0 atom stereocenters. The second-order valence-corrected chi connectivity index (χ2v) is 4.27. The van der Waals surface area contributed by atoms with Crippen LogP contribution in [0.25, 0.3) is 0 Å². The smallest absolute Gasteiger partial charge is 0.322 e. The van der Waals surface area contributed by atoms with Gasteiger partial charge in [0.2, 0.25) is 11.2 Å². The lowest BCUT2D eigenvalue weighted by Crippen LogP contribution is -2.06. The minimum Gasteiger partial charge on any atom is -0.464 e. The predicted molar refractivity (Wildman–Crippen MR) is 65.4 cm³/mol. The van der Waals surface area contributed by atoms with E-state index in [4.69, 9.17) is 16.3 Å². The van der Waals surface area contributed by atoms with Crippen LogP contribution in [-0.4, -0.2) is 26.5 Å². The van der Waals surface area contributed by atoms with Gasteiger partial charge in [-0.3, -0.25) is 4.98 Å². The van der Waals surface area contributed by atoms with Crippen LogP contribution < -0.4 is 10.1 Å². The van der Waals surface area contributed by atoms with Crippen LogP contribution in [0.3, 0.4) is 0 Å². The van der Waals surface area contributed by atoms with Crippen LogP contribution in [0.5, 0.6) is 6.01 Å². The van der Waals surface area contributed by atoms with Gasteiger partial charge in [-0.05, 0) is 18.5 Å². The molecule has 2 aromatic heterocycles. The summed E-state index contributed by atoms with van der Waals surface area (Å²) in [5, 5.41) is 3.14. The minimum atomic E-state index is 0.107. The van der Waals surface area contributed by atoms with Crippen LogP contribution in [0.1, 0.15) is 11.8 Å². The second-order valence-electron chi connectivity index (χ2n) is 2.96. The summed E-state index contributed by atoms with van der Waals surface area (Å²) in [6, 6.07) is 0.222. The van der Waals surface area contributed by atoms with Crippen molar-refractivity contribution in [3.05, 3.63) is 21.9 Å². The molecular weight excluding hydrogens is 262 g/mol. The molecule has 0 saturated heterocycles. The molecule has 0 amide bonds. The third-order valence-electron chi connectivity index (χ3n) is 1.77. The van der Waals surface area contributed by atoms with Crippen molar-refractivity contribution in [3.63, 3.8) is 0 Å². The van der Waals surface area contributed by atoms with Gasteiger partial charge < -0.3 is 10.1 Å². The molecule has 0 aliphatic rings. The summed E-state index contributed by atoms with van der Waals surface area (Å²) < 4.78 is 5.17. The highest BCUT2D eigenvalue weighted by Gasteiger charge is 2.05. The molecule has 2 rings (SSSR count). The molecule has 2 aromatic rings. The highest BCUT2D eigenvalue weighted by atomic mass is 35.5. The van der Waals surface area contributed by atoms with E-state index in [1.807, 2.05) is 6.92 Å². The van der Waals surface area contributed by atoms with E-state index in [0.717, 1.165) is 4.88 Å². The summed E-state index contributed by atoms with van der Waals surface area (Å²) in [6.45, 7) is 2.92. The van der Waals surface area contributed by atoms with Gasteiger partial charge in [0, 0.05) is 11.1 Å². The molecule has 0 fully saturated rings. The van der Waals surface area contributed by atoms with E-state index in [1.54, 1.807) is 23.0 Å². The summed E-state index contributed by atoms with van der Waals surface area (Å²) in [5.74, 6) is 0.391. The monoisotopic (exact) mass is 271 g/mol. The first-order chi connectivity index (χ1) is 8.28. The minimum absolute atomic E-state index is 0.107. The first kappa shape index (κ1) is 12.0. The first-order valence-corrected chi connectivity index (χ1v) is 6.19. The number of thiazole rings is 1. The molecule has 90 valence electrons. The van der Waals surface area contributed by atoms with Crippen molar-refractivity contribution < 1.29 is 4.74 Å². The molecule has 0 aliphatic heterocycles. The maximum Gasteiger partial charge on any atom is 0.322 e. The normalized spacial score (nSPS) is 10.2. The molecule has 6 nitrogen and oxygen atoms in total. The molecule has 0 aliphatic carbocycles. The van der Waals surface area contributed by atoms with Gasteiger partial charge in [-0.2, -0.15) is 15.0 Å². The Morgan fingerprint density at radius 1 is 1.41 bits per heavy atom. The lowest BCUT2D eigenvalue weighted by Gasteiger charge is -2.05. The average Bonchev–Trinajstić information content (AvgIpc) is 2.79. The Labute approximate surface area is 107 Å². The number of halogens is 1. The third kappa shape index (κ3) is 3.50. The molecular formula is C9H10ClN5OS. The van der Waals surface area contributed by atoms with E-state index in [9.17, 15) is 0 Å². The van der Waals surface area contributed by atoms with Crippen LogP contribution in [0, 0.1) is 0 Å². The van der Waals surface area contributed by atoms with E-state index >= 15 is 0 Å². The Morgan fingerprint density at radius 3 is 3.00 bits per heavy atom. The summed E-state index contributed by atoms with van der Waals surface area (Å²) >= 11 is 7.31. The Hall–Kier alpha value is -1.47. The number of anilines is 1. The number of nitrogens with one attached hydrogen (secondary N) is 1. The molecule has 8 heteroatoms. The molecule has 2 heterocycles. The standard InChI is InChI=1S/C9H10ClN5OS/c1-2-16-9-14-7(10)13-8(15-9)12-4-6-3-11-5-17-6/h3,5H,2,4H2,1H3,(H,12,13,14,15). The van der Waals surface area contributed by atoms with Crippen molar-refractivity contribution in [2.45, 2.75) is 13.5 Å². The Kier molecular flexibility index (Phi) is 4.05. The summed E-state index contributed by atoms with van der Waals surface area (Å²) in [5.41, 5.74) is 1.77. The number of hydrogen-bond acceptors (Lipinski definition) is 7. The van der Waals surface area contributed by atoms with Crippen molar-refractivity contribution in [1.29, 1.82) is 0 Å². The highest BCUT2D eigenvalue weighted by Crippen LogP contribution is 2.13. The molecule has 1 N–H and O–H groups in total. The van der Waals surface area contributed by atoms with Gasteiger partial charge in [0.05, 0.1) is 18.7 Å². The van der Waals surface area contributed by atoms with Gasteiger partial charge in [0.15, 0.2) is 0 Å². The summed E-state index contributed by atoms with van der Waals surface area (Å²) in [7, 11) is 0. The fraction of sp³-hybridized carbons (Fsp3) is 0.333. The molecule has 0 radical (unpaired) electrons. The van der Waals surface area contributed by atoms with Crippen molar-refractivity contribution in [2.75, 3.05) is 11.9 Å². The highest BCUT2D eigenvalue weighted by molar-refractivity contribution is 7.09. The fourth-order valence-corrected chi connectivity index (χ4v) is 1.79. The SMILES string of the molecule is CCOc1nc(Cl)nc(NCc2cncs2)n1. The molecule has 0 spiro atoms. The van der Waals surface area contributed by atoms with Gasteiger partial charge in [0.1, 0.15) is 0 Å². The van der Waals surface area contributed by atoms with Gasteiger partial charge in [-0.25, -0.2) is 0 Å². The van der Waals surface area contributed by atoms with Crippen LogP contribution in [0.15, 0.2) is 11.7 Å². The quantitative estimate of drug-likeness (QED) is 0.897. The molecule has 0 aromatic carbocycles. The topological polar surface area (TPSA) is 72.8 Å². The van der Waals surface area contributed by atoms with E-state index in [0.29, 0.717) is 19.1 Å². The van der Waals surface area contributed by atoms with Gasteiger partial charge in [-0.1, -0.05) is 0 Å². The number of aromatic nitrogens is 4. The van der Waals surface area contributed by atoms with Crippen LogP contribution in [-0.2, 0) is 6.54 Å². The zero-order valence-corrected chi connectivity index (χ0v) is 10.6. The van der Waals surface area contributed by atoms with Gasteiger partial charge in [-0.15, -0.1) is 11.3 Å². The lowest BCUT2D eigenvalue weighted by molar-refractivity contribution is 0.312. The van der Waals surface area contributed by atoms with Crippen LogP contribution >= 0.6 is 22.9 Å². The Morgan fingerprint density at radius 2 is 2.29 bits per heavy atom. The van der Waals surface area contributed by atoms with Crippen molar-refractivity contribution in [3.8, 4) is 6.01 Å². The zero-order chi connectivity index (χ0) is 12.1. The van der Waals surface area contributed by atoms with E-state index in [2.05, 4.69) is 25.3 Å². The lowest BCUT2D eigenvalue weighted by atomic mass is 10.5. The predicted octanol–water partition coefficient (Wildman–Crippen LogP) is 1.99. The van der Waals surface area contributed by atoms with E-state index < -0.39 is 0 Å². The maximum absolute atomic E-state index is 5.75.